The third-order valence-corrected chi connectivity index (χ3v) is 2.66. The number of nitrogens with one attached hydrogen (secondary N) is 1. The topological polar surface area (TPSA) is 45.1 Å². The molecular weight excluding hydrogens is 176 g/mol. The first kappa shape index (κ1) is 9.46. The third-order valence-electron chi connectivity index (χ3n) is 2.66. The van der Waals surface area contributed by atoms with Crippen LogP contribution in [0.2, 0.25) is 0 Å². The highest BCUT2D eigenvalue weighted by Gasteiger charge is 2.19. The summed E-state index contributed by atoms with van der Waals surface area (Å²) in [5.74, 6) is 0.909. The Morgan fingerprint density at radius 3 is 3.00 bits per heavy atom. The zero-order valence-electron chi connectivity index (χ0n) is 8.19. The van der Waals surface area contributed by atoms with Gasteiger partial charge in [0.1, 0.15) is 5.82 Å². The van der Waals surface area contributed by atoms with Crippen LogP contribution in [0.3, 0.4) is 0 Å². The molecule has 0 aromatic carbocycles. The summed E-state index contributed by atoms with van der Waals surface area (Å²) in [5.41, 5.74) is 0. The molecule has 1 aromatic heterocycles. The molecule has 1 saturated carbocycles. The number of hydrogen-bond acceptors (Lipinski definition) is 3. The second kappa shape index (κ2) is 4.42. The summed E-state index contributed by atoms with van der Waals surface area (Å²) in [7, 11) is 0. The maximum absolute atomic E-state index is 9.50. The smallest absolute Gasteiger partial charge is 0.126 e. The summed E-state index contributed by atoms with van der Waals surface area (Å²) in [4.78, 5) is 4.21. The van der Waals surface area contributed by atoms with E-state index in [9.17, 15) is 5.11 Å². The van der Waals surface area contributed by atoms with E-state index in [0.717, 1.165) is 31.5 Å². The highest BCUT2D eigenvalue weighted by Crippen LogP contribution is 2.20. The summed E-state index contributed by atoms with van der Waals surface area (Å²) < 4.78 is 0. The fraction of sp³-hybridized carbons (Fsp3) is 0.545. The van der Waals surface area contributed by atoms with E-state index in [1.165, 1.54) is 0 Å². The molecule has 1 heterocycles. The maximum atomic E-state index is 9.50. The molecule has 1 aromatic rings. The Labute approximate surface area is 84.2 Å². The molecule has 0 aliphatic heterocycles. The molecule has 2 N–H and O–H groups in total. The predicted molar refractivity (Wildman–Crippen MR) is 56.1 cm³/mol. The van der Waals surface area contributed by atoms with Gasteiger partial charge in [-0.2, -0.15) is 0 Å². The van der Waals surface area contributed by atoms with E-state index in [0.29, 0.717) is 6.04 Å². The average Bonchev–Trinajstić information content (AvgIpc) is 2.19. The fourth-order valence-electron chi connectivity index (χ4n) is 1.95. The van der Waals surface area contributed by atoms with Gasteiger partial charge >= 0.3 is 0 Å². The van der Waals surface area contributed by atoms with E-state index in [-0.39, 0.29) is 6.10 Å². The SMILES string of the molecule is O[C@@H]1CCC[C@H](Nc2ccccn2)C1. The van der Waals surface area contributed by atoms with Crippen molar-refractivity contribution in [1.82, 2.24) is 4.98 Å². The van der Waals surface area contributed by atoms with Crippen molar-refractivity contribution in [1.29, 1.82) is 0 Å². The molecule has 0 saturated heterocycles. The summed E-state index contributed by atoms with van der Waals surface area (Å²) in [6, 6.07) is 6.21. The lowest BCUT2D eigenvalue weighted by atomic mass is 9.93. The third kappa shape index (κ3) is 2.45. The first-order valence-electron chi connectivity index (χ1n) is 5.20. The number of aliphatic hydroxyl groups is 1. The second-order valence-corrected chi connectivity index (χ2v) is 3.88. The summed E-state index contributed by atoms with van der Waals surface area (Å²) >= 11 is 0. The van der Waals surface area contributed by atoms with Crippen LogP contribution in [0.4, 0.5) is 5.82 Å². The molecule has 0 radical (unpaired) electrons. The minimum Gasteiger partial charge on any atom is -0.393 e. The van der Waals surface area contributed by atoms with E-state index < -0.39 is 0 Å². The molecule has 1 fully saturated rings. The highest BCUT2D eigenvalue weighted by molar-refractivity contribution is 5.34. The van der Waals surface area contributed by atoms with Crippen molar-refractivity contribution < 1.29 is 5.11 Å². The van der Waals surface area contributed by atoms with Crippen LogP contribution in [0.15, 0.2) is 24.4 Å². The lowest BCUT2D eigenvalue weighted by molar-refractivity contribution is 0.124. The van der Waals surface area contributed by atoms with Crippen LogP contribution < -0.4 is 5.32 Å². The van der Waals surface area contributed by atoms with Gasteiger partial charge in [-0.1, -0.05) is 6.07 Å². The Bertz CT molecular complexity index is 276. The van der Waals surface area contributed by atoms with Crippen LogP contribution in [0.1, 0.15) is 25.7 Å². The van der Waals surface area contributed by atoms with Crippen molar-refractivity contribution in [3.63, 3.8) is 0 Å². The molecule has 0 spiro atoms. The summed E-state index contributed by atoms with van der Waals surface area (Å²) in [6.45, 7) is 0. The fourth-order valence-corrected chi connectivity index (χ4v) is 1.95. The van der Waals surface area contributed by atoms with Crippen molar-refractivity contribution in [3.05, 3.63) is 24.4 Å². The van der Waals surface area contributed by atoms with Crippen LogP contribution in [-0.2, 0) is 0 Å². The van der Waals surface area contributed by atoms with Gasteiger partial charge in [0.15, 0.2) is 0 Å². The van der Waals surface area contributed by atoms with Gasteiger partial charge in [0, 0.05) is 12.2 Å². The van der Waals surface area contributed by atoms with Crippen LogP contribution in [0.5, 0.6) is 0 Å². The summed E-state index contributed by atoms with van der Waals surface area (Å²) in [6.07, 6.45) is 5.67. The van der Waals surface area contributed by atoms with Gasteiger partial charge < -0.3 is 10.4 Å². The Hall–Kier alpha value is -1.09. The Morgan fingerprint density at radius 2 is 2.29 bits per heavy atom. The van der Waals surface area contributed by atoms with Gasteiger partial charge in [-0.3, -0.25) is 0 Å². The molecule has 0 unspecified atom stereocenters. The first-order valence-corrected chi connectivity index (χ1v) is 5.20. The number of hydrogen-bond donors (Lipinski definition) is 2. The Kier molecular flexibility index (Phi) is 2.99. The second-order valence-electron chi connectivity index (χ2n) is 3.88. The minimum atomic E-state index is -0.134. The molecule has 76 valence electrons. The summed E-state index contributed by atoms with van der Waals surface area (Å²) in [5, 5.41) is 12.8. The number of aliphatic hydroxyl groups excluding tert-OH is 1. The zero-order chi connectivity index (χ0) is 9.80. The van der Waals surface area contributed by atoms with Gasteiger partial charge in [-0.15, -0.1) is 0 Å². The van der Waals surface area contributed by atoms with Gasteiger partial charge in [-0.05, 0) is 37.8 Å². The standard InChI is InChI=1S/C11H16N2O/c14-10-5-3-4-9(8-10)13-11-6-1-2-7-12-11/h1-2,6-7,9-10,14H,3-5,8H2,(H,12,13)/t9-,10+/m0/s1. The number of anilines is 1. The molecule has 2 atom stereocenters. The quantitative estimate of drug-likeness (QED) is 0.751. The molecule has 2 rings (SSSR count). The lowest BCUT2D eigenvalue weighted by Gasteiger charge is -2.26. The zero-order valence-corrected chi connectivity index (χ0v) is 8.19. The lowest BCUT2D eigenvalue weighted by Crippen LogP contribution is -2.30. The number of nitrogens with zero attached hydrogens (tertiary/aromatic N) is 1. The maximum Gasteiger partial charge on any atom is 0.126 e. The molecule has 0 bridgehead atoms. The molecule has 3 heteroatoms. The van der Waals surface area contributed by atoms with Crippen LogP contribution in [-0.4, -0.2) is 22.2 Å². The van der Waals surface area contributed by atoms with Crippen molar-refractivity contribution >= 4 is 5.82 Å². The van der Waals surface area contributed by atoms with Gasteiger partial charge in [-0.25, -0.2) is 4.98 Å². The molecule has 14 heavy (non-hydrogen) atoms. The largest absolute Gasteiger partial charge is 0.393 e. The van der Waals surface area contributed by atoms with Crippen LogP contribution >= 0.6 is 0 Å². The van der Waals surface area contributed by atoms with E-state index in [1.807, 2.05) is 18.2 Å². The minimum absolute atomic E-state index is 0.134. The normalized spacial score (nSPS) is 27.2. The number of pyridine rings is 1. The van der Waals surface area contributed by atoms with Crippen molar-refractivity contribution in [2.45, 2.75) is 37.8 Å². The van der Waals surface area contributed by atoms with Gasteiger partial charge in [0.05, 0.1) is 6.10 Å². The van der Waals surface area contributed by atoms with Crippen LogP contribution in [0, 0.1) is 0 Å². The highest BCUT2D eigenvalue weighted by atomic mass is 16.3. The van der Waals surface area contributed by atoms with E-state index in [2.05, 4.69) is 10.3 Å². The van der Waals surface area contributed by atoms with E-state index >= 15 is 0 Å². The monoisotopic (exact) mass is 192 g/mol. The molecule has 3 nitrogen and oxygen atoms in total. The van der Waals surface area contributed by atoms with Crippen LogP contribution in [0.25, 0.3) is 0 Å². The predicted octanol–water partition coefficient (Wildman–Crippen LogP) is 1.80. The van der Waals surface area contributed by atoms with E-state index in [1.54, 1.807) is 6.20 Å². The van der Waals surface area contributed by atoms with E-state index in [4.69, 9.17) is 0 Å². The van der Waals surface area contributed by atoms with Gasteiger partial charge in [0.2, 0.25) is 0 Å². The molecular formula is C11H16N2O. The molecule has 1 aliphatic carbocycles. The first-order chi connectivity index (χ1) is 6.84. The van der Waals surface area contributed by atoms with Crippen molar-refractivity contribution in [3.8, 4) is 0 Å². The Balaban J connectivity index is 1.91. The number of aromatic nitrogens is 1. The van der Waals surface area contributed by atoms with Crippen molar-refractivity contribution in [2.24, 2.45) is 0 Å². The molecule has 1 aliphatic rings. The van der Waals surface area contributed by atoms with Crippen molar-refractivity contribution in [2.75, 3.05) is 5.32 Å². The van der Waals surface area contributed by atoms with Gasteiger partial charge in [0.25, 0.3) is 0 Å². The molecule has 0 amide bonds. The average molecular weight is 192 g/mol. The number of rotatable bonds is 2. The Morgan fingerprint density at radius 1 is 1.36 bits per heavy atom.